The van der Waals surface area contributed by atoms with Gasteiger partial charge < -0.3 is 54.9 Å². The summed E-state index contributed by atoms with van der Waals surface area (Å²) >= 11 is 0. The molecule has 5 heterocycles. The molecule has 9 N–H and O–H groups in total. The number of nitrogens with one attached hydrogen (secondary N) is 7. The van der Waals surface area contributed by atoms with Gasteiger partial charge in [0.05, 0.1) is 80.2 Å². The number of carbonyl (C=O) groups is 5. The number of anilines is 5. The molecule has 17 rings (SSSR count). The fourth-order valence-corrected chi connectivity index (χ4v) is 20.6. The number of hydrogen-bond acceptors (Lipinski definition) is 27. The summed E-state index contributed by atoms with van der Waals surface area (Å²) in [5.74, 6) is -0.623. The van der Waals surface area contributed by atoms with Gasteiger partial charge in [-0.25, -0.2) is 50.0 Å². The second-order valence-electron chi connectivity index (χ2n) is 33.2. The number of furan rings is 2. The summed E-state index contributed by atoms with van der Waals surface area (Å²) in [5.41, 5.74) is 13.8. The number of amides is 7. The van der Waals surface area contributed by atoms with Gasteiger partial charge in [0.25, 0.3) is 30.1 Å². The lowest BCUT2D eigenvalue weighted by atomic mass is 9.91. The van der Waals surface area contributed by atoms with Crippen molar-refractivity contribution in [1.82, 2.24) is 39.8 Å². The molecule has 0 saturated carbocycles. The Morgan fingerprint density at radius 1 is 0.534 bits per heavy atom. The quantitative estimate of drug-likeness (QED) is 0.0189. The van der Waals surface area contributed by atoms with E-state index >= 15 is 0 Å². The first-order chi connectivity index (χ1) is 62.2. The van der Waals surface area contributed by atoms with Gasteiger partial charge in [0.1, 0.15) is 11.5 Å². The molecule has 0 bridgehead atoms. The molecule has 0 spiro atoms. The van der Waals surface area contributed by atoms with Crippen LogP contribution in [0.25, 0.3) is 43.6 Å². The van der Waals surface area contributed by atoms with Gasteiger partial charge in [-0.05, 0) is 232 Å². The number of nitrogens with zero attached hydrogens (tertiary/aromatic N) is 7. The molecule has 0 fully saturated rings. The summed E-state index contributed by atoms with van der Waals surface area (Å²) in [5, 5.41) is 51.0. The summed E-state index contributed by atoms with van der Waals surface area (Å²) in [6, 6.07) is 39.6. The average Bonchev–Trinajstić information content (AvgIpc) is 1.73. The number of aryl methyl sites for hydroxylation is 4. The highest BCUT2D eigenvalue weighted by atomic mass is 32.2. The minimum atomic E-state index is -4.28. The van der Waals surface area contributed by atoms with Crippen molar-refractivity contribution in [3.63, 3.8) is 0 Å². The van der Waals surface area contributed by atoms with E-state index in [9.17, 15) is 78.0 Å². The van der Waals surface area contributed by atoms with E-state index < -0.39 is 90.1 Å². The molecule has 0 aliphatic heterocycles. The normalized spacial score (nSPS) is 13.4. The SMILES string of the molecule is CC(C)(O)c1coc(S(=O)(=O)NC(=O)Nc2cccc3cccnc23)c1.CN(C)c1cccc2c(S(=O)(=O)NC(=O)Nc3c4c(cc5c3CCC5)CCC4)cccc12.CN(CC(=O)NCCc1ccc(S(=O)(=O)CC(=O)Cc2c3c(cc4c2CCC4)CCC3)cc1)c1ccc([N+](=O)[O-])c2nonc12.COc1cc(NC(=O)NS(=O)(=O)c2cc(C(C)(C)O)co2)c2ncccc2c1. The van der Waals surface area contributed by atoms with Crippen LogP contribution in [0, 0.1) is 10.1 Å². The second kappa shape index (κ2) is 38.5. The van der Waals surface area contributed by atoms with Crippen LogP contribution in [0.5, 0.6) is 5.75 Å². The summed E-state index contributed by atoms with van der Waals surface area (Å²) in [6.45, 7) is 6.21. The molecule has 4 aliphatic carbocycles. The number of ketones is 1. The molecule has 0 atom stereocenters. The third kappa shape index (κ3) is 21.6. The van der Waals surface area contributed by atoms with Crippen LogP contribution in [0.3, 0.4) is 0 Å². The van der Waals surface area contributed by atoms with Crippen molar-refractivity contribution < 1.29 is 91.0 Å². The fourth-order valence-electron chi connectivity index (χ4n) is 16.5. The minimum absolute atomic E-state index is 0.00195. The molecule has 8 aromatic carbocycles. The number of carbonyl (C=O) groups excluding carboxylic acids is 5. The van der Waals surface area contributed by atoms with Crippen molar-refractivity contribution in [3.8, 4) is 5.75 Å². The first-order valence-corrected chi connectivity index (χ1v) is 47.9. The van der Waals surface area contributed by atoms with Crippen molar-refractivity contribution in [2.45, 2.75) is 149 Å². The maximum atomic E-state index is 13.2. The monoisotopic (exact) mass is 1860 g/mol. The molecule has 684 valence electrons. The van der Waals surface area contributed by atoms with Gasteiger partial charge in [-0.3, -0.25) is 29.7 Å². The van der Waals surface area contributed by atoms with Gasteiger partial charge in [0, 0.05) is 115 Å². The highest BCUT2D eigenvalue weighted by molar-refractivity contribution is 7.92. The zero-order valence-electron chi connectivity index (χ0n) is 72.7. The molecule has 4 aliphatic rings. The van der Waals surface area contributed by atoms with Crippen molar-refractivity contribution >= 4 is 147 Å². The third-order valence-electron chi connectivity index (χ3n) is 22.9. The number of hydrogen-bond donors (Lipinski definition) is 9. The molecule has 131 heavy (non-hydrogen) atoms. The Morgan fingerprint density at radius 2 is 1.05 bits per heavy atom. The number of likely N-dealkylation sites (N-methyl/N-ethyl adjacent to an activating group) is 1. The maximum Gasteiger partial charge on any atom is 0.333 e. The molecule has 7 amide bonds. The molecule has 0 radical (unpaired) electrons. The molecule has 39 heteroatoms. The zero-order chi connectivity index (χ0) is 93.7. The lowest BCUT2D eigenvalue weighted by molar-refractivity contribution is -0.383. The van der Waals surface area contributed by atoms with Gasteiger partial charge >= 0.3 is 23.8 Å². The highest BCUT2D eigenvalue weighted by Gasteiger charge is 2.34. The zero-order valence-corrected chi connectivity index (χ0v) is 75.9. The summed E-state index contributed by atoms with van der Waals surface area (Å²) in [4.78, 5) is 85.7. The summed E-state index contributed by atoms with van der Waals surface area (Å²) in [6.07, 6.45) is 18.1. The number of nitro benzene ring substituents is 1. The van der Waals surface area contributed by atoms with Crippen molar-refractivity contribution in [1.29, 1.82) is 0 Å². The van der Waals surface area contributed by atoms with Crippen molar-refractivity contribution in [2.24, 2.45) is 0 Å². The third-order valence-corrected chi connectivity index (χ3v) is 28.3. The number of rotatable bonds is 25. The van der Waals surface area contributed by atoms with Crippen LogP contribution in [0.4, 0.5) is 48.5 Å². The molecule has 13 aromatic rings. The molecular formula is C92H96N14O21S4. The first-order valence-electron chi connectivity index (χ1n) is 41.8. The fraction of sp³-hybridized carbons (Fsp3) is 0.293. The molecule has 5 aromatic heterocycles. The molecule has 0 saturated heterocycles. The van der Waals surface area contributed by atoms with Gasteiger partial charge in [-0.15, -0.1) is 0 Å². The Kier molecular flexibility index (Phi) is 27.5. The number of sulfone groups is 1. The number of methoxy groups -OCH3 is 1. The molecule has 35 nitrogen and oxygen atoms in total. The predicted molar refractivity (Wildman–Crippen MR) is 491 cm³/mol. The number of non-ortho nitro benzene ring substituents is 1. The van der Waals surface area contributed by atoms with E-state index in [0.717, 1.165) is 135 Å². The van der Waals surface area contributed by atoms with Crippen molar-refractivity contribution in [3.05, 3.63) is 253 Å². The van der Waals surface area contributed by atoms with Gasteiger partial charge in [-0.2, -0.15) is 16.8 Å². The van der Waals surface area contributed by atoms with E-state index in [1.54, 1.807) is 85.0 Å². The Labute approximate surface area is 754 Å². The number of nitro groups is 1. The topological polar surface area (TPSA) is 496 Å². The number of para-hydroxylation sites is 1. The van der Waals surface area contributed by atoms with E-state index in [4.69, 9.17) is 13.6 Å². The van der Waals surface area contributed by atoms with Crippen LogP contribution in [-0.2, 0) is 125 Å². The number of Topliss-reactive ketones (excluding diaryl/α,β-unsaturated/α-hetero) is 1. The predicted octanol–water partition coefficient (Wildman–Crippen LogP) is 13.0. The van der Waals surface area contributed by atoms with Crippen LogP contribution in [0.2, 0.25) is 0 Å². The van der Waals surface area contributed by atoms with E-state index in [-0.39, 0.29) is 68.0 Å². The van der Waals surface area contributed by atoms with E-state index in [0.29, 0.717) is 51.9 Å². The van der Waals surface area contributed by atoms with E-state index in [2.05, 4.69) is 63.0 Å². The van der Waals surface area contributed by atoms with Crippen molar-refractivity contribution in [2.75, 3.05) is 72.8 Å². The Bertz CT molecular complexity index is 7060. The largest absolute Gasteiger partial charge is 0.497 e. The number of urea groups is 3. The van der Waals surface area contributed by atoms with Crippen LogP contribution in [0.1, 0.15) is 120 Å². The first kappa shape index (κ1) is 93.4. The van der Waals surface area contributed by atoms with Gasteiger partial charge in [-0.1, -0.05) is 72.8 Å². The Hall–Kier alpha value is -13.7. The standard InChI is InChI=1S/C32H33N5O7S.C25H27N3O3S.C18H19N3O6S.C17H17N3O5S/c1-36(28-12-13-29(37(40)41)32-31(28)34-44-35-32)18-30(39)33-15-14-20-8-10-24(11-9-20)45(42,43)19-23(38)17-27-25-6-2-4-21(25)16-22-5-3-7-26(22)27;1-28(2)22-13-5-12-21-20(22)11-6-14-23(21)32(30,31)27-25(29)26-24-18-9-3-7-16(18)15-17-8-4-10-19(17)24;1-18(2,23)12-8-15(27-10-12)28(24,25)21-17(22)20-14-9-13(26-3)7-11-5-4-6-19-16(11)14;1-17(2,22)12-9-14(25-10-12)26(23,24)20-16(21)19-13-7-3-5-11-6-4-8-18-15(11)13/h8-13,16H,2-7,14-15,17-19H2,1H3,(H,33,39);5-6,11-15H,3-4,7-10H2,1-2H3,(H2,26,27,29);4-10,23H,1-3H3,(H2,20,21,22);3-10,22H,1-2H3,(H2,19,20,21). The van der Waals surface area contributed by atoms with Crippen LogP contribution in [-0.4, -0.2) is 146 Å². The van der Waals surface area contributed by atoms with Gasteiger partial charge in [0.15, 0.2) is 21.1 Å². The number of sulfonamides is 3. The van der Waals surface area contributed by atoms with Gasteiger partial charge in [0.2, 0.25) is 21.6 Å². The lowest BCUT2D eigenvalue weighted by Crippen LogP contribution is -2.36. The number of aromatic nitrogens is 4. The number of ether oxygens (including phenoxy) is 1. The van der Waals surface area contributed by atoms with E-state index in [1.807, 2.05) is 58.8 Å². The highest BCUT2D eigenvalue weighted by Crippen LogP contribution is 2.41. The second-order valence-corrected chi connectivity index (χ2v) is 40.1. The minimum Gasteiger partial charge on any atom is -0.497 e. The number of benzene rings is 8. The lowest BCUT2D eigenvalue weighted by Gasteiger charge is -2.18. The number of pyridine rings is 2. The van der Waals surface area contributed by atoms with Crippen LogP contribution < -0.4 is 50.0 Å². The van der Waals surface area contributed by atoms with Crippen LogP contribution in [0.15, 0.2) is 210 Å². The summed E-state index contributed by atoms with van der Waals surface area (Å²) in [7, 11) is -9.41. The molecular weight excluding hydrogens is 1770 g/mol. The maximum absolute atomic E-state index is 13.2. The average molecular weight is 1860 g/mol. The van der Waals surface area contributed by atoms with Crippen LogP contribution >= 0.6 is 0 Å². The smallest absolute Gasteiger partial charge is 0.333 e. The van der Waals surface area contributed by atoms with E-state index in [1.165, 1.54) is 116 Å². The number of fused-ring (bicyclic) bond motifs is 8. The Morgan fingerprint density at radius 3 is 1.61 bits per heavy atom. The molecule has 0 unspecified atom stereocenters. The Balaban J connectivity index is 0.000000144. The summed E-state index contributed by atoms with van der Waals surface area (Å²) < 4.78 is 128. The number of aliphatic hydroxyl groups is 2.